The van der Waals surface area contributed by atoms with E-state index in [0.29, 0.717) is 0 Å². The Labute approximate surface area is 137 Å². The van der Waals surface area contributed by atoms with Gasteiger partial charge < -0.3 is 10.1 Å². The van der Waals surface area contributed by atoms with Crippen LogP contribution < -0.4 is 5.32 Å². The lowest BCUT2D eigenvalue weighted by Gasteiger charge is -2.37. The number of hydrogen-bond donors (Lipinski definition) is 1. The van der Waals surface area contributed by atoms with Gasteiger partial charge in [-0.1, -0.05) is 31.0 Å². The van der Waals surface area contributed by atoms with Crippen molar-refractivity contribution in [2.24, 2.45) is 5.92 Å². The molecular weight excluding hydrogens is 294 g/mol. The van der Waals surface area contributed by atoms with Crippen LogP contribution in [-0.2, 0) is 9.53 Å². The number of ether oxygens (including phenoxy) is 1. The van der Waals surface area contributed by atoms with Crippen LogP contribution in [0, 0.1) is 5.92 Å². The fourth-order valence-electron chi connectivity index (χ4n) is 3.38. The van der Waals surface area contributed by atoms with Crippen molar-refractivity contribution in [2.45, 2.75) is 48.2 Å². The molecule has 0 aromatic heterocycles. The quantitative estimate of drug-likeness (QED) is 0.900. The monoisotopic (exact) mass is 319 g/mol. The fraction of sp³-hybridized carbons (Fsp3) is 0.611. The SMILES string of the molecule is O=C(NCC1(Sc2ccccc2)CCOCC1)C1CCCC1. The van der Waals surface area contributed by atoms with Gasteiger partial charge in [0, 0.05) is 35.3 Å². The molecule has 1 aromatic carbocycles. The number of carbonyl (C=O) groups excluding carboxylic acids is 1. The lowest BCUT2D eigenvalue weighted by molar-refractivity contribution is -0.125. The minimum atomic E-state index is 0.0772. The molecule has 1 N–H and O–H groups in total. The highest BCUT2D eigenvalue weighted by atomic mass is 32.2. The molecule has 1 saturated heterocycles. The van der Waals surface area contributed by atoms with E-state index in [2.05, 4.69) is 29.6 Å². The molecule has 0 atom stereocenters. The standard InChI is InChI=1S/C18H25NO2S/c20-17(15-6-4-5-7-15)19-14-18(10-12-21-13-11-18)22-16-8-2-1-3-9-16/h1-3,8-9,15H,4-7,10-14H2,(H,19,20). The highest BCUT2D eigenvalue weighted by Gasteiger charge is 2.35. The van der Waals surface area contributed by atoms with E-state index in [1.165, 1.54) is 17.7 Å². The topological polar surface area (TPSA) is 38.3 Å². The molecule has 22 heavy (non-hydrogen) atoms. The van der Waals surface area contributed by atoms with Gasteiger partial charge in [-0.15, -0.1) is 11.8 Å². The van der Waals surface area contributed by atoms with Crippen LogP contribution >= 0.6 is 11.8 Å². The van der Waals surface area contributed by atoms with Crippen molar-refractivity contribution in [2.75, 3.05) is 19.8 Å². The fourth-order valence-corrected chi connectivity index (χ4v) is 4.69. The lowest BCUT2D eigenvalue weighted by atomic mass is 9.98. The second kappa shape index (κ2) is 7.51. The number of nitrogens with one attached hydrogen (secondary N) is 1. The van der Waals surface area contributed by atoms with Crippen LogP contribution in [-0.4, -0.2) is 30.4 Å². The Morgan fingerprint density at radius 2 is 1.86 bits per heavy atom. The highest BCUT2D eigenvalue weighted by molar-refractivity contribution is 8.00. The zero-order chi connectivity index (χ0) is 15.3. The van der Waals surface area contributed by atoms with Gasteiger partial charge in [-0.2, -0.15) is 0 Å². The lowest BCUT2D eigenvalue weighted by Crippen LogP contribution is -2.45. The van der Waals surface area contributed by atoms with Crippen LogP contribution in [0.1, 0.15) is 38.5 Å². The maximum Gasteiger partial charge on any atom is 0.223 e. The third-order valence-electron chi connectivity index (χ3n) is 4.79. The molecule has 1 aliphatic heterocycles. The van der Waals surface area contributed by atoms with Gasteiger partial charge in [0.05, 0.1) is 0 Å². The molecule has 1 aromatic rings. The zero-order valence-corrected chi connectivity index (χ0v) is 13.9. The second-order valence-electron chi connectivity index (χ2n) is 6.41. The third kappa shape index (κ3) is 4.05. The summed E-state index contributed by atoms with van der Waals surface area (Å²) in [6.45, 7) is 2.34. The minimum Gasteiger partial charge on any atom is -0.381 e. The Balaban J connectivity index is 1.62. The summed E-state index contributed by atoms with van der Waals surface area (Å²) in [5, 5.41) is 3.24. The number of carbonyl (C=O) groups is 1. The first-order valence-electron chi connectivity index (χ1n) is 8.37. The van der Waals surface area contributed by atoms with Crippen LogP contribution in [0.15, 0.2) is 35.2 Å². The number of thioether (sulfide) groups is 1. The molecule has 1 saturated carbocycles. The second-order valence-corrected chi connectivity index (χ2v) is 7.95. The largest absolute Gasteiger partial charge is 0.381 e. The van der Waals surface area contributed by atoms with E-state index in [1.54, 1.807) is 0 Å². The molecule has 0 bridgehead atoms. The molecule has 2 fully saturated rings. The maximum atomic E-state index is 12.3. The summed E-state index contributed by atoms with van der Waals surface area (Å²) in [6.07, 6.45) is 6.53. The van der Waals surface area contributed by atoms with Crippen molar-refractivity contribution in [1.29, 1.82) is 0 Å². The van der Waals surface area contributed by atoms with Crippen molar-refractivity contribution in [3.05, 3.63) is 30.3 Å². The summed E-state index contributed by atoms with van der Waals surface area (Å²) >= 11 is 1.90. The van der Waals surface area contributed by atoms with Crippen LogP contribution in [0.4, 0.5) is 0 Å². The van der Waals surface area contributed by atoms with Crippen LogP contribution in [0.3, 0.4) is 0 Å². The first-order chi connectivity index (χ1) is 10.8. The zero-order valence-electron chi connectivity index (χ0n) is 13.1. The van der Waals surface area contributed by atoms with Gasteiger partial charge in [-0.05, 0) is 37.8 Å². The van der Waals surface area contributed by atoms with Crippen LogP contribution in [0.25, 0.3) is 0 Å². The predicted octanol–water partition coefficient (Wildman–Crippen LogP) is 3.63. The summed E-state index contributed by atoms with van der Waals surface area (Å²) in [5.41, 5.74) is 0. The normalized spacial score (nSPS) is 21.6. The summed E-state index contributed by atoms with van der Waals surface area (Å²) < 4.78 is 5.62. The van der Waals surface area contributed by atoms with E-state index in [-0.39, 0.29) is 16.6 Å². The summed E-state index contributed by atoms with van der Waals surface area (Å²) in [6, 6.07) is 10.5. The third-order valence-corrected chi connectivity index (χ3v) is 6.29. The minimum absolute atomic E-state index is 0.0772. The van der Waals surface area contributed by atoms with E-state index < -0.39 is 0 Å². The average molecular weight is 319 g/mol. The number of hydrogen-bond acceptors (Lipinski definition) is 3. The van der Waals surface area contributed by atoms with Crippen LogP contribution in [0.5, 0.6) is 0 Å². The molecule has 4 heteroatoms. The molecule has 3 nitrogen and oxygen atoms in total. The van der Waals surface area contributed by atoms with Crippen molar-refractivity contribution in [3.63, 3.8) is 0 Å². The molecule has 0 spiro atoms. The summed E-state index contributed by atoms with van der Waals surface area (Å²) in [7, 11) is 0. The van der Waals surface area contributed by atoms with Gasteiger partial charge in [0.25, 0.3) is 0 Å². The number of amides is 1. The van der Waals surface area contributed by atoms with Crippen molar-refractivity contribution < 1.29 is 9.53 Å². The smallest absolute Gasteiger partial charge is 0.223 e. The van der Waals surface area contributed by atoms with Gasteiger partial charge in [0.1, 0.15) is 0 Å². The Morgan fingerprint density at radius 1 is 1.18 bits per heavy atom. The first kappa shape index (κ1) is 15.9. The maximum absolute atomic E-state index is 12.3. The molecule has 120 valence electrons. The number of rotatable bonds is 5. The van der Waals surface area contributed by atoms with E-state index >= 15 is 0 Å². The average Bonchev–Trinajstić information content (AvgIpc) is 3.09. The van der Waals surface area contributed by atoms with E-state index in [0.717, 1.165) is 45.4 Å². The predicted molar refractivity (Wildman–Crippen MR) is 90.1 cm³/mol. The van der Waals surface area contributed by atoms with Crippen molar-refractivity contribution >= 4 is 17.7 Å². The molecule has 0 radical (unpaired) electrons. The number of benzene rings is 1. The highest BCUT2D eigenvalue weighted by Crippen LogP contribution is 2.40. The molecule has 3 rings (SSSR count). The first-order valence-corrected chi connectivity index (χ1v) is 9.19. The summed E-state index contributed by atoms with van der Waals surface area (Å²) in [5.74, 6) is 0.510. The van der Waals surface area contributed by atoms with Gasteiger partial charge in [-0.25, -0.2) is 0 Å². The Morgan fingerprint density at radius 3 is 2.55 bits per heavy atom. The molecule has 2 aliphatic rings. The molecule has 1 heterocycles. The van der Waals surface area contributed by atoms with Gasteiger partial charge in [-0.3, -0.25) is 4.79 Å². The van der Waals surface area contributed by atoms with E-state index in [4.69, 9.17) is 4.74 Å². The Bertz CT molecular complexity index is 479. The van der Waals surface area contributed by atoms with Gasteiger partial charge >= 0.3 is 0 Å². The summed E-state index contributed by atoms with van der Waals surface area (Å²) in [4.78, 5) is 13.6. The Kier molecular flexibility index (Phi) is 5.42. The molecule has 0 unspecified atom stereocenters. The Hall–Kier alpha value is -1.00. The molecular formula is C18H25NO2S. The van der Waals surface area contributed by atoms with Crippen molar-refractivity contribution in [1.82, 2.24) is 5.32 Å². The van der Waals surface area contributed by atoms with Gasteiger partial charge in [0.2, 0.25) is 5.91 Å². The molecule has 1 amide bonds. The van der Waals surface area contributed by atoms with Crippen LogP contribution in [0.2, 0.25) is 0 Å². The van der Waals surface area contributed by atoms with E-state index in [1.807, 2.05) is 17.8 Å². The van der Waals surface area contributed by atoms with Gasteiger partial charge in [0.15, 0.2) is 0 Å². The van der Waals surface area contributed by atoms with Crippen molar-refractivity contribution in [3.8, 4) is 0 Å². The molecule has 1 aliphatic carbocycles. The van der Waals surface area contributed by atoms with E-state index in [9.17, 15) is 4.79 Å².